The molecule has 0 bridgehead atoms. The molecule has 9 heteroatoms. The number of nitro benzene ring substituents is 1. The predicted octanol–water partition coefficient (Wildman–Crippen LogP) is 3.89. The maximum Gasteiger partial charge on any atom is 0.269 e. The molecule has 0 atom stereocenters. The number of hydrogen-bond donors (Lipinski definition) is 1. The number of benzene rings is 3. The first-order chi connectivity index (χ1) is 14.2. The second-order valence-corrected chi connectivity index (χ2v) is 8.26. The second kappa shape index (κ2) is 8.83. The Morgan fingerprint density at radius 1 is 0.933 bits per heavy atom. The molecule has 0 aromatic heterocycles. The lowest BCUT2D eigenvalue weighted by atomic mass is 10.0. The van der Waals surface area contributed by atoms with Gasteiger partial charge in [0.15, 0.2) is 0 Å². The van der Waals surface area contributed by atoms with E-state index in [0.29, 0.717) is 11.1 Å². The molecule has 0 spiro atoms. The smallest absolute Gasteiger partial charge is 0.269 e. The van der Waals surface area contributed by atoms with Crippen LogP contribution in [0.3, 0.4) is 0 Å². The normalized spacial score (nSPS) is 11.1. The number of sulfonamides is 1. The number of carbonyl (C=O) groups is 1. The number of anilines is 1. The van der Waals surface area contributed by atoms with Gasteiger partial charge in [-0.05, 0) is 47.5 Å². The van der Waals surface area contributed by atoms with Gasteiger partial charge < -0.3 is 0 Å². The van der Waals surface area contributed by atoms with Gasteiger partial charge >= 0.3 is 0 Å². The highest BCUT2D eigenvalue weighted by molar-refractivity contribution is 7.92. The van der Waals surface area contributed by atoms with Crippen molar-refractivity contribution >= 4 is 27.2 Å². The molecule has 0 saturated heterocycles. The van der Waals surface area contributed by atoms with Crippen LogP contribution in [0.1, 0.15) is 11.1 Å². The summed E-state index contributed by atoms with van der Waals surface area (Å²) in [6.07, 6.45) is 0.0995. The van der Waals surface area contributed by atoms with Gasteiger partial charge in [0, 0.05) is 30.7 Å². The number of halogens is 1. The minimum atomic E-state index is -3.85. The molecule has 0 aliphatic rings. The number of hydrogen-bond acceptors (Lipinski definition) is 5. The quantitative estimate of drug-likeness (QED) is 0.433. The van der Waals surface area contributed by atoms with Crippen molar-refractivity contribution in [3.8, 4) is 0 Å². The van der Waals surface area contributed by atoms with Gasteiger partial charge in [-0.2, -0.15) is 0 Å². The summed E-state index contributed by atoms with van der Waals surface area (Å²) in [5.41, 5.74) is 1.30. The van der Waals surface area contributed by atoms with Crippen molar-refractivity contribution in [2.45, 2.75) is 17.7 Å². The summed E-state index contributed by atoms with van der Waals surface area (Å²) in [5.74, 6) is -0.632. The molecule has 3 aromatic rings. The molecule has 0 fully saturated rings. The van der Waals surface area contributed by atoms with Crippen LogP contribution in [0.2, 0.25) is 0 Å². The van der Waals surface area contributed by atoms with Crippen LogP contribution >= 0.6 is 0 Å². The maximum atomic E-state index is 12.9. The summed E-state index contributed by atoms with van der Waals surface area (Å²) < 4.78 is 40.1. The van der Waals surface area contributed by atoms with Crippen LogP contribution in [0.25, 0.3) is 0 Å². The Morgan fingerprint density at radius 3 is 2.20 bits per heavy atom. The molecule has 7 nitrogen and oxygen atoms in total. The topological polar surface area (TPSA) is 106 Å². The zero-order chi connectivity index (χ0) is 21.7. The standard InChI is InChI=1S/C21H17FN2O5S/c22-17-6-8-18(9-7-17)23-30(28,29)21-10-4-15(5-11-21)13-20(25)14-16-2-1-3-19(12-16)24(26)27/h1-12,23H,13-14H2. The maximum absolute atomic E-state index is 12.9. The average Bonchev–Trinajstić information content (AvgIpc) is 2.70. The fourth-order valence-electron chi connectivity index (χ4n) is 2.82. The van der Waals surface area contributed by atoms with Crippen molar-refractivity contribution in [3.05, 3.63) is 99.9 Å². The number of Topliss-reactive ketones (excluding diaryl/α,β-unsaturated/α-hetero) is 1. The number of nitrogens with zero attached hydrogens (tertiary/aromatic N) is 1. The van der Waals surface area contributed by atoms with Gasteiger partial charge in [-0.25, -0.2) is 12.8 Å². The van der Waals surface area contributed by atoms with Gasteiger partial charge in [0.25, 0.3) is 15.7 Å². The Hall–Kier alpha value is -3.59. The molecule has 0 radical (unpaired) electrons. The number of ketones is 1. The van der Waals surface area contributed by atoms with E-state index in [2.05, 4.69) is 4.72 Å². The summed E-state index contributed by atoms with van der Waals surface area (Å²) in [4.78, 5) is 22.6. The van der Waals surface area contributed by atoms with Crippen LogP contribution in [0.15, 0.2) is 77.7 Å². The Labute approximate surface area is 172 Å². The van der Waals surface area contributed by atoms with Gasteiger partial charge in [-0.3, -0.25) is 19.6 Å². The van der Waals surface area contributed by atoms with Crippen molar-refractivity contribution < 1.29 is 22.5 Å². The lowest BCUT2D eigenvalue weighted by Gasteiger charge is -2.09. The number of carbonyl (C=O) groups excluding carboxylic acids is 1. The molecular formula is C21H17FN2O5S. The highest BCUT2D eigenvalue weighted by Gasteiger charge is 2.15. The molecule has 0 unspecified atom stereocenters. The summed E-state index contributed by atoms with van der Waals surface area (Å²) in [5, 5.41) is 10.8. The summed E-state index contributed by atoms with van der Waals surface area (Å²) in [7, 11) is -3.85. The SMILES string of the molecule is O=C(Cc1ccc(S(=O)(=O)Nc2ccc(F)cc2)cc1)Cc1cccc([N+](=O)[O-])c1. The van der Waals surface area contributed by atoms with E-state index < -0.39 is 20.8 Å². The van der Waals surface area contributed by atoms with Crippen LogP contribution in [0, 0.1) is 15.9 Å². The minimum absolute atomic E-state index is 0.00158. The van der Waals surface area contributed by atoms with Crippen molar-refractivity contribution in [1.82, 2.24) is 0 Å². The third-order valence-corrected chi connectivity index (χ3v) is 5.65. The van der Waals surface area contributed by atoms with E-state index in [-0.39, 0.29) is 34.9 Å². The highest BCUT2D eigenvalue weighted by atomic mass is 32.2. The van der Waals surface area contributed by atoms with Crippen LogP contribution in [-0.4, -0.2) is 19.1 Å². The fourth-order valence-corrected chi connectivity index (χ4v) is 3.87. The van der Waals surface area contributed by atoms with E-state index in [0.717, 1.165) is 12.1 Å². The van der Waals surface area contributed by atoms with Gasteiger partial charge in [-0.15, -0.1) is 0 Å². The Bertz CT molecular complexity index is 1180. The van der Waals surface area contributed by atoms with Crippen molar-refractivity contribution in [3.63, 3.8) is 0 Å². The first-order valence-corrected chi connectivity index (χ1v) is 10.3. The Morgan fingerprint density at radius 2 is 1.57 bits per heavy atom. The first kappa shape index (κ1) is 21.1. The van der Waals surface area contributed by atoms with Gasteiger partial charge in [-0.1, -0.05) is 24.3 Å². The molecule has 1 N–H and O–H groups in total. The lowest BCUT2D eigenvalue weighted by molar-refractivity contribution is -0.384. The highest BCUT2D eigenvalue weighted by Crippen LogP contribution is 2.18. The molecule has 3 rings (SSSR count). The monoisotopic (exact) mass is 428 g/mol. The summed E-state index contributed by atoms with van der Waals surface area (Å²) in [6.45, 7) is 0. The fraction of sp³-hybridized carbons (Fsp3) is 0.0952. The lowest BCUT2D eigenvalue weighted by Crippen LogP contribution is -2.13. The first-order valence-electron chi connectivity index (χ1n) is 8.85. The van der Waals surface area contributed by atoms with Crippen LogP contribution in [0.4, 0.5) is 15.8 Å². The molecule has 0 aliphatic heterocycles. The Kier molecular flexibility index (Phi) is 6.22. The summed E-state index contributed by atoms with van der Waals surface area (Å²) in [6, 6.07) is 16.6. The zero-order valence-corrected chi connectivity index (χ0v) is 16.4. The summed E-state index contributed by atoms with van der Waals surface area (Å²) >= 11 is 0. The zero-order valence-electron chi connectivity index (χ0n) is 15.6. The predicted molar refractivity (Wildman–Crippen MR) is 109 cm³/mol. The number of nitro groups is 1. The van der Waals surface area contributed by atoms with E-state index >= 15 is 0 Å². The Balaban J connectivity index is 1.65. The van der Waals surface area contributed by atoms with E-state index in [1.165, 1.54) is 54.6 Å². The third-order valence-electron chi connectivity index (χ3n) is 4.25. The molecule has 3 aromatic carbocycles. The van der Waals surface area contributed by atoms with E-state index in [9.17, 15) is 27.7 Å². The average molecular weight is 428 g/mol. The van der Waals surface area contributed by atoms with Crippen LogP contribution in [0.5, 0.6) is 0 Å². The number of rotatable bonds is 8. The molecular weight excluding hydrogens is 411 g/mol. The molecule has 0 aliphatic carbocycles. The van der Waals surface area contributed by atoms with E-state index in [1.807, 2.05) is 0 Å². The van der Waals surface area contributed by atoms with Crippen molar-refractivity contribution in [1.29, 1.82) is 0 Å². The van der Waals surface area contributed by atoms with Gasteiger partial charge in [0.05, 0.1) is 9.82 Å². The largest absolute Gasteiger partial charge is 0.299 e. The third kappa shape index (κ3) is 5.48. The number of non-ortho nitro benzene ring substituents is 1. The van der Waals surface area contributed by atoms with Crippen molar-refractivity contribution in [2.75, 3.05) is 4.72 Å². The molecule has 154 valence electrons. The molecule has 0 amide bonds. The second-order valence-electron chi connectivity index (χ2n) is 6.58. The van der Waals surface area contributed by atoms with Crippen molar-refractivity contribution in [2.24, 2.45) is 0 Å². The van der Waals surface area contributed by atoms with Crippen LogP contribution < -0.4 is 4.72 Å². The minimum Gasteiger partial charge on any atom is -0.299 e. The molecule has 0 heterocycles. The number of nitrogens with one attached hydrogen (secondary N) is 1. The van der Waals surface area contributed by atoms with E-state index in [4.69, 9.17) is 0 Å². The van der Waals surface area contributed by atoms with Crippen LogP contribution in [-0.2, 0) is 27.7 Å². The van der Waals surface area contributed by atoms with Gasteiger partial charge in [0.1, 0.15) is 11.6 Å². The molecule has 30 heavy (non-hydrogen) atoms. The van der Waals surface area contributed by atoms with E-state index in [1.54, 1.807) is 6.07 Å². The molecule has 0 saturated carbocycles. The van der Waals surface area contributed by atoms with Gasteiger partial charge in [0.2, 0.25) is 0 Å².